The number of hydrogen-bond donors (Lipinski definition) is 1. The minimum atomic E-state index is -0.129. The van der Waals surface area contributed by atoms with Crippen LogP contribution in [0.4, 0.5) is 0 Å². The molecular formula is C23H20N4OS. The Hall–Kier alpha value is -3.38. The first-order valence-corrected chi connectivity index (χ1v) is 10.1. The van der Waals surface area contributed by atoms with E-state index in [1.165, 1.54) is 11.3 Å². The molecule has 6 heteroatoms. The zero-order valence-corrected chi connectivity index (χ0v) is 17.0. The Balaban J connectivity index is 1.43. The molecule has 4 aromatic rings. The van der Waals surface area contributed by atoms with Crippen molar-refractivity contribution in [2.45, 2.75) is 20.4 Å². The highest BCUT2D eigenvalue weighted by Gasteiger charge is 2.12. The van der Waals surface area contributed by atoms with Crippen LogP contribution in [0.3, 0.4) is 0 Å². The fraction of sp³-hybridized carbons (Fsp3) is 0.130. The van der Waals surface area contributed by atoms with Crippen LogP contribution < -0.4 is 5.32 Å². The molecule has 3 aromatic heterocycles. The van der Waals surface area contributed by atoms with E-state index in [0.717, 1.165) is 38.6 Å². The van der Waals surface area contributed by atoms with Crippen molar-refractivity contribution in [2.75, 3.05) is 0 Å². The smallest absolute Gasteiger partial charge is 0.263 e. The maximum absolute atomic E-state index is 12.5. The van der Waals surface area contributed by atoms with Gasteiger partial charge in [-0.25, -0.2) is 4.98 Å². The molecule has 0 radical (unpaired) electrons. The fourth-order valence-electron chi connectivity index (χ4n) is 3.09. The predicted molar refractivity (Wildman–Crippen MR) is 116 cm³/mol. The molecule has 0 atom stereocenters. The fourth-order valence-corrected chi connectivity index (χ4v) is 3.93. The minimum absolute atomic E-state index is 0.129. The van der Waals surface area contributed by atoms with Crippen LogP contribution in [0.2, 0.25) is 0 Å². The van der Waals surface area contributed by atoms with Crippen molar-refractivity contribution in [1.29, 1.82) is 0 Å². The van der Waals surface area contributed by atoms with E-state index in [4.69, 9.17) is 0 Å². The number of nitrogens with zero attached hydrogens (tertiary/aromatic N) is 3. The van der Waals surface area contributed by atoms with Crippen molar-refractivity contribution in [1.82, 2.24) is 20.3 Å². The van der Waals surface area contributed by atoms with Crippen LogP contribution in [0.1, 0.15) is 26.5 Å². The molecule has 4 rings (SSSR count). The van der Waals surface area contributed by atoms with Crippen molar-refractivity contribution in [3.05, 3.63) is 88.8 Å². The summed E-state index contributed by atoms with van der Waals surface area (Å²) in [5, 5.41) is 3.80. The number of carbonyl (C=O) groups excluding carboxylic acids is 1. The van der Waals surface area contributed by atoms with Gasteiger partial charge in [-0.1, -0.05) is 36.4 Å². The van der Waals surface area contributed by atoms with Gasteiger partial charge in [0.05, 0.1) is 11.9 Å². The molecule has 0 aliphatic rings. The van der Waals surface area contributed by atoms with Crippen LogP contribution >= 0.6 is 11.3 Å². The number of rotatable bonds is 5. The molecule has 1 amide bonds. The first-order valence-electron chi connectivity index (χ1n) is 9.28. The molecule has 0 fully saturated rings. The third-order valence-electron chi connectivity index (χ3n) is 4.51. The molecule has 144 valence electrons. The van der Waals surface area contributed by atoms with Crippen molar-refractivity contribution in [2.24, 2.45) is 0 Å². The Morgan fingerprint density at radius 2 is 1.79 bits per heavy atom. The van der Waals surface area contributed by atoms with E-state index >= 15 is 0 Å². The van der Waals surface area contributed by atoms with E-state index in [-0.39, 0.29) is 5.91 Å². The van der Waals surface area contributed by atoms with Gasteiger partial charge in [-0.05, 0) is 37.1 Å². The number of nitrogens with one attached hydrogen (secondary N) is 1. The number of aromatic nitrogens is 3. The summed E-state index contributed by atoms with van der Waals surface area (Å²) in [7, 11) is 0. The summed E-state index contributed by atoms with van der Waals surface area (Å²) >= 11 is 1.39. The van der Waals surface area contributed by atoms with E-state index in [1.807, 2.05) is 56.3 Å². The molecule has 0 unspecified atom stereocenters. The third-order valence-corrected chi connectivity index (χ3v) is 5.55. The average Bonchev–Trinajstić information content (AvgIpc) is 3.23. The normalized spacial score (nSPS) is 10.7. The van der Waals surface area contributed by atoms with E-state index in [1.54, 1.807) is 18.6 Å². The van der Waals surface area contributed by atoms with Crippen LogP contribution in [-0.4, -0.2) is 20.9 Å². The highest BCUT2D eigenvalue weighted by molar-refractivity contribution is 7.16. The number of aryl methyl sites for hydroxylation is 2. The summed E-state index contributed by atoms with van der Waals surface area (Å²) in [4.78, 5) is 26.3. The second-order valence-corrected chi connectivity index (χ2v) is 7.80. The standard InChI is InChI=1S/C23H20N4OS/c1-15-10-17(12-25-21(15)19-8-9-24-16(2)11-19)13-26-22(28)20-14-27-23(29-20)18-6-4-3-5-7-18/h3-12,14H,13H2,1-2H3,(H,26,28). The van der Waals surface area contributed by atoms with Crippen LogP contribution in [0.15, 0.2) is 67.1 Å². The first kappa shape index (κ1) is 19.0. The second kappa shape index (κ2) is 8.32. The van der Waals surface area contributed by atoms with Crippen LogP contribution in [0, 0.1) is 13.8 Å². The lowest BCUT2D eigenvalue weighted by atomic mass is 10.1. The van der Waals surface area contributed by atoms with Gasteiger partial charge < -0.3 is 5.32 Å². The van der Waals surface area contributed by atoms with Crippen molar-refractivity contribution < 1.29 is 4.79 Å². The molecule has 0 spiro atoms. The molecule has 3 heterocycles. The molecule has 29 heavy (non-hydrogen) atoms. The first-order chi connectivity index (χ1) is 14.1. The Bertz CT molecular complexity index is 1150. The molecule has 0 saturated carbocycles. The lowest BCUT2D eigenvalue weighted by Gasteiger charge is -2.09. The number of thiazole rings is 1. The van der Waals surface area contributed by atoms with Gasteiger partial charge in [0.1, 0.15) is 9.88 Å². The monoisotopic (exact) mass is 400 g/mol. The number of benzene rings is 1. The molecule has 1 N–H and O–H groups in total. The molecule has 0 bridgehead atoms. The Labute approximate surface area is 173 Å². The maximum Gasteiger partial charge on any atom is 0.263 e. The lowest BCUT2D eigenvalue weighted by Crippen LogP contribution is -2.22. The molecule has 0 aliphatic heterocycles. The number of hydrogen-bond acceptors (Lipinski definition) is 5. The van der Waals surface area contributed by atoms with E-state index in [9.17, 15) is 4.79 Å². The summed E-state index contributed by atoms with van der Waals surface area (Å²) in [6, 6.07) is 15.9. The minimum Gasteiger partial charge on any atom is -0.347 e. The lowest BCUT2D eigenvalue weighted by molar-refractivity contribution is 0.0954. The molecule has 0 aliphatic carbocycles. The third kappa shape index (κ3) is 4.38. The van der Waals surface area contributed by atoms with Gasteiger partial charge in [0.25, 0.3) is 5.91 Å². The summed E-state index contributed by atoms with van der Waals surface area (Å²) < 4.78 is 0. The van der Waals surface area contributed by atoms with E-state index in [2.05, 4.69) is 26.3 Å². The number of amides is 1. The molecule has 5 nitrogen and oxygen atoms in total. The summed E-state index contributed by atoms with van der Waals surface area (Å²) in [5.41, 5.74) is 5.96. The summed E-state index contributed by atoms with van der Waals surface area (Å²) in [6.07, 6.45) is 5.22. The van der Waals surface area contributed by atoms with E-state index < -0.39 is 0 Å². The predicted octanol–water partition coefficient (Wildman–Crippen LogP) is 4.81. The Kier molecular flexibility index (Phi) is 5.44. The summed E-state index contributed by atoms with van der Waals surface area (Å²) in [5.74, 6) is -0.129. The zero-order valence-electron chi connectivity index (χ0n) is 16.2. The number of carbonyl (C=O) groups is 1. The van der Waals surface area contributed by atoms with E-state index in [0.29, 0.717) is 11.4 Å². The van der Waals surface area contributed by atoms with Crippen molar-refractivity contribution in [3.63, 3.8) is 0 Å². The Morgan fingerprint density at radius 3 is 2.55 bits per heavy atom. The van der Waals surface area contributed by atoms with Gasteiger partial charge in [0.15, 0.2) is 0 Å². The van der Waals surface area contributed by atoms with Gasteiger partial charge in [0, 0.05) is 35.8 Å². The second-order valence-electron chi connectivity index (χ2n) is 6.77. The molecule has 1 aromatic carbocycles. The molecular weight excluding hydrogens is 380 g/mol. The van der Waals surface area contributed by atoms with Crippen LogP contribution in [-0.2, 0) is 6.54 Å². The number of pyridine rings is 2. The Morgan fingerprint density at radius 1 is 0.966 bits per heavy atom. The highest BCUT2D eigenvalue weighted by atomic mass is 32.1. The summed E-state index contributed by atoms with van der Waals surface area (Å²) in [6.45, 7) is 4.41. The van der Waals surface area contributed by atoms with Crippen molar-refractivity contribution in [3.8, 4) is 21.8 Å². The average molecular weight is 401 g/mol. The van der Waals surface area contributed by atoms with Gasteiger partial charge >= 0.3 is 0 Å². The van der Waals surface area contributed by atoms with Gasteiger partial charge in [0.2, 0.25) is 0 Å². The topological polar surface area (TPSA) is 67.8 Å². The zero-order chi connectivity index (χ0) is 20.2. The highest BCUT2D eigenvalue weighted by Crippen LogP contribution is 2.25. The van der Waals surface area contributed by atoms with Gasteiger partial charge in [-0.15, -0.1) is 11.3 Å². The molecule has 0 saturated heterocycles. The largest absolute Gasteiger partial charge is 0.347 e. The quantitative estimate of drug-likeness (QED) is 0.522. The van der Waals surface area contributed by atoms with Crippen LogP contribution in [0.25, 0.3) is 21.8 Å². The van der Waals surface area contributed by atoms with Gasteiger partial charge in [-0.2, -0.15) is 0 Å². The van der Waals surface area contributed by atoms with Crippen LogP contribution in [0.5, 0.6) is 0 Å². The SMILES string of the molecule is Cc1cc(-c2ncc(CNC(=O)c3cnc(-c4ccccc4)s3)cc2C)ccn1. The maximum atomic E-state index is 12.5. The van der Waals surface area contributed by atoms with Gasteiger partial charge in [-0.3, -0.25) is 14.8 Å². The van der Waals surface area contributed by atoms with Crippen molar-refractivity contribution >= 4 is 17.2 Å².